The molecule has 11 atom stereocenters. The number of nitrogens with one attached hydrogen (secondary N) is 7. The van der Waals surface area contributed by atoms with E-state index in [0.29, 0.717) is 61.9 Å². The molecule has 1 saturated heterocycles. The topological polar surface area (TPSA) is 356 Å². The van der Waals surface area contributed by atoms with Crippen LogP contribution in [-0.4, -0.2) is 180 Å². The molecular weight excluding hydrogens is 1190 g/mol. The number of amides is 12. The number of carbonyl (C=O) groups excluding carboxylic acids is 11. The molecule has 0 radical (unpaired) electrons. The van der Waals surface area contributed by atoms with Crippen LogP contribution in [0.25, 0.3) is 0 Å². The maximum atomic E-state index is 14.7. The number of aliphatic hydroxyl groups is 1. The van der Waals surface area contributed by atoms with Gasteiger partial charge in [-0.1, -0.05) is 104 Å². The number of likely N-dealkylation sites (tertiary alicyclic amines) is 1. The average Bonchev–Trinajstić information content (AvgIpc) is 1.31. The molecule has 0 aliphatic carbocycles. The molecular formula is C66H101N11O15. The van der Waals surface area contributed by atoms with Crippen LogP contribution in [0.4, 0.5) is 15.3 Å². The molecule has 2 aliphatic rings. The van der Waals surface area contributed by atoms with Gasteiger partial charge in [-0.05, 0) is 100 Å². The molecule has 510 valence electrons. The number of anilines is 1. The quantitative estimate of drug-likeness (QED) is 0.0332. The fourth-order valence-electron chi connectivity index (χ4n) is 11.4. The Morgan fingerprint density at radius 2 is 1.41 bits per heavy atom. The largest absolute Gasteiger partial charge is 0.445 e. The van der Waals surface area contributed by atoms with Crippen LogP contribution in [0, 0.1) is 23.7 Å². The Labute approximate surface area is 541 Å². The van der Waals surface area contributed by atoms with Gasteiger partial charge in [0, 0.05) is 65.2 Å². The number of urea groups is 1. The molecule has 10 N–H and O–H groups in total. The van der Waals surface area contributed by atoms with Crippen molar-refractivity contribution >= 4 is 71.0 Å². The summed E-state index contributed by atoms with van der Waals surface area (Å²) < 4.78 is 17.5. The number of nitrogens with zero attached hydrogens (tertiary/aromatic N) is 3. The van der Waals surface area contributed by atoms with E-state index >= 15 is 0 Å². The van der Waals surface area contributed by atoms with Crippen LogP contribution in [0.1, 0.15) is 151 Å². The predicted molar refractivity (Wildman–Crippen MR) is 344 cm³/mol. The van der Waals surface area contributed by atoms with Crippen LogP contribution in [0.15, 0.2) is 66.7 Å². The highest BCUT2D eigenvalue weighted by Gasteiger charge is 2.44. The summed E-state index contributed by atoms with van der Waals surface area (Å²) in [6.07, 6.45) is 2.81. The van der Waals surface area contributed by atoms with Gasteiger partial charge in [-0.15, -0.1) is 0 Å². The number of primary amides is 1. The number of carbonyl (C=O) groups is 11. The minimum Gasteiger partial charge on any atom is -0.445 e. The van der Waals surface area contributed by atoms with E-state index < -0.39 is 114 Å². The Morgan fingerprint density at radius 3 is 2.00 bits per heavy atom. The summed E-state index contributed by atoms with van der Waals surface area (Å²) in [5.41, 5.74) is 5.14. The molecule has 92 heavy (non-hydrogen) atoms. The Hall–Kier alpha value is -7.97. The second-order valence-electron chi connectivity index (χ2n) is 25.2. The Kier molecular flexibility index (Phi) is 30.7. The van der Waals surface area contributed by atoms with Crippen molar-refractivity contribution in [3.8, 4) is 0 Å². The van der Waals surface area contributed by atoms with Crippen molar-refractivity contribution in [3.63, 3.8) is 0 Å². The van der Waals surface area contributed by atoms with E-state index in [2.05, 4.69) is 37.2 Å². The molecule has 2 aliphatic heterocycles. The van der Waals surface area contributed by atoms with Crippen LogP contribution < -0.4 is 43.0 Å². The van der Waals surface area contributed by atoms with E-state index in [1.165, 1.54) is 45.1 Å². The highest BCUT2D eigenvalue weighted by atomic mass is 16.5. The number of alkyl carbamates (subject to hydrolysis) is 1. The first-order valence-corrected chi connectivity index (χ1v) is 31.9. The maximum Gasteiger partial charge on any atom is 0.408 e. The number of methoxy groups -OCH3 is 2. The third kappa shape index (κ3) is 22.7. The summed E-state index contributed by atoms with van der Waals surface area (Å²) in [4.78, 5) is 150. The lowest BCUT2D eigenvalue weighted by atomic mass is 9.89. The number of hydrogen-bond acceptors (Lipinski definition) is 15. The molecule has 1 fully saturated rings. The van der Waals surface area contributed by atoms with Crippen LogP contribution >= 0.6 is 0 Å². The number of likely N-dealkylation sites (N-methyl/N-ethyl adjacent to an activating group) is 1. The smallest absolute Gasteiger partial charge is 0.408 e. The highest BCUT2D eigenvalue weighted by molar-refractivity contribution is 6.12. The summed E-state index contributed by atoms with van der Waals surface area (Å²) >= 11 is 0. The average molecular weight is 1290 g/mol. The van der Waals surface area contributed by atoms with Crippen molar-refractivity contribution in [2.45, 2.75) is 200 Å². The van der Waals surface area contributed by atoms with Gasteiger partial charge < -0.3 is 72.1 Å². The fourth-order valence-corrected chi connectivity index (χ4v) is 11.4. The number of imide groups is 1. The van der Waals surface area contributed by atoms with Crippen LogP contribution in [0.5, 0.6) is 0 Å². The van der Waals surface area contributed by atoms with Gasteiger partial charge in [0.2, 0.25) is 41.4 Å². The lowest BCUT2D eigenvalue weighted by Gasteiger charge is -2.41. The van der Waals surface area contributed by atoms with Crippen molar-refractivity contribution in [2.24, 2.45) is 29.4 Å². The first-order valence-electron chi connectivity index (χ1n) is 31.9. The maximum absolute atomic E-state index is 14.7. The lowest BCUT2D eigenvalue weighted by Crippen LogP contribution is -2.62. The predicted octanol–water partition coefficient (Wildman–Crippen LogP) is 4.49. The van der Waals surface area contributed by atoms with Gasteiger partial charge in [0.1, 0.15) is 30.3 Å². The third-order valence-electron chi connectivity index (χ3n) is 17.1. The van der Waals surface area contributed by atoms with E-state index in [0.717, 1.165) is 4.90 Å². The summed E-state index contributed by atoms with van der Waals surface area (Å²) in [6.45, 7) is 17.9. The first-order chi connectivity index (χ1) is 43.5. The SMILES string of the molecule is CC[C@H](C)[C@@H]([C@@H](CC(=O)N1CCC[C@H]1[C@H](OC)[C@@H](C)C(=O)N[C@H](C)[C@@H](O)c1ccccc1)OC)N(C)C(=O)[C@@H](NC(=O)C(C)(C)NC(=O)OCc1ccc(NC(=O)[C@H](CCCNC(N)=O)NC(=O)[C@@H](NC(=O)CCCCCN2C(=O)C=CC2=O)C(C)C)cc1)C(C)C. The molecule has 4 rings (SSSR count). The summed E-state index contributed by atoms with van der Waals surface area (Å²) in [5.74, 6) is -5.70. The minimum atomic E-state index is -1.59. The number of unbranched alkanes of at least 4 members (excludes halogenated alkanes) is 2. The zero-order valence-electron chi connectivity index (χ0n) is 55.8. The third-order valence-corrected chi connectivity index (χ3v) is 17.1. The van der Waals surface area contributed by atoms with Gasteiger partial charge in [-0.25, -0.2) is 9.59 Å². The molecule has 0 spiro atoms. The number of rotatable bonds is 37. The van der Waals surface area contributed by atoms with Gasteiger partial charge in [0.25, 0.3) is 11.8 Å². The Bertz CT molecular complexity index is 2840. The second kappa shape index (κ2) is 36.9. The molecule has 26 heteroatoms. The van der Waals surface area contributed by atoms with Crippen molar-refractivity contribution in [2.75, 3.05) is 46.2 Å². The summed E-state index contributed by atoms with van der Waals surface area (Å²) in [7, 11) is 4.62. The van der Waals surface area contributed by atoms with Crippen molar-refractivity contribution in [1.29, 1.82) is 0 Å². The number of aliphatic hydroxyl groups excluding tert-OH is 1. The van der Waals surface area contributed by atoms with E-state index in [-0.39, 0.29) is 80.8 Å². The van der Waals surface area contributed by atoms with Crippen molar-refractivity contribution in [1.82, 2.24) is 46.6 Å². The molecule has 26 nitrogen and oxygen atoms in total. The van der Waals surface area contributed by atoms with Gasteiger partial charge in [0.05, 0.1) is 48.8 Å². The van der Waals surface area contributed by atoms with E-state index in [9.17, 15) is 57.8 Å². The zero-order chi connectivity index (χ0) is 68.6. The molecule has 2 aromatic carbocycles. The van der Waals surface area contributed by atoms with Gasteiger partial charge in [0.15, 0.2) is 0 Å². The summed E-state index contributed by atoms with van der Waals surface area (Å²) in [5, 5.41) is 30.0. The molecule has 0 bridgehead atoms. The van der Waals surface area contributed by atoms with E-state index in [4.69, 9.17) is 19.9 Å². The van der Waals surface area contributed by atoms with Crippen molar-refractivity contribution < 1.29 is 72.1 Å². The minimum absolute atomic E-state index is 0.0826. The fraction of sp³-hybridized carbons (Fsp3) is 0.621. The van der Waals surface area contributed by atoms with E-state index in [1.807, 2.05) is 32.0 Å². The lowest BCUT2D eigenvalue weighted by molar-refractivity contribution is -0.148. The molecule has 0 aromatic heterocycles. The van der Waals surface area contributed by atoms with E-state index in [1.54, 1.807) is 89.9 Å². The standard InChI is InChI=1S/C66H101N11O15/c1-14-41(6)56(49(90-12)37-53(81)76-36-22-26-48(76)58(91-13)42(7)59(83)69-43(8)57(82)45-23-17-15-18-24-45)75(11)62(86)55(40(4)5)73-63(87)66(9,10)74-65(89)92-38-44-28-30-46(31-29-44)70-60(84)47(25-21-34-68-64(67)88)71-61(85)54(39(2)3)72-50(78)27-19-16-20-35-77-51(79)32-33-52(77)80/h15,17-18,23-24,28-33,39-43,47-49,54-58,82H,14,16,19-22,25-27,34-38H2,1-13H3,(H,69,83)(H,70,84)(H,71,85)(H,72,78)(H,73,87)(H,74,89)(H3,67,68,88)/t41-,42+,43+,47-,48-,49+,54-,55-,56-,57+,58+/m0/s1. The van der Waals surface area contributed by atoms with Crippen molar-refractivity contribution in [3.05, 3.63) is 77.9 Å². The number of nitrogens with two attached hydrogens (primary N) is 1. The van der Waals surface area contributed by atoms with Gasteiger partial charge in [-0.3, -0.25) is 48.1 Å². The molecule has 2 heterocycles. The number of hydrogen-bond donors (Lipinski definition) is 9. The second-order valence-corrected chi connectivity index (χ2v) is 25.2. The van der Waals surface area contributed by atoms with Crippen LogP contribution in [-0.2, 0) is 64.0 Å². The Morgan fingerprint density at radius 1 is 0.772 bits per heavy atom. The van der Waals surface area contributed by atoms with Gasteiger partial charge in [-0.2, -0.15) is 0 Å². The highest BCUT2D eigenvalue weighted by Crippen LogP contribution is 2.30. The van der Waals surface area contributed by atoms with Gasteiger partial charge >= 0.3 is 12.1 Å². The number of ether oxygens (including phenoxy) is 3. The first kappa shape index (κ1) is 76.5. The molecule has 12 amide bonds. The van der Waals surface area contributed by atoms with Crippen LogP contribution in [0.3, 0.4) is 0 Å². The molecule has 0 saturated carbocycles. The number of benzene rings is 2. The summed E-state index contributed by atoms with van der Waals surface area (Å²) in [6, 6.07) is 9.72. The molecule has 2 aromatic rings. The normalized spacial score (nSPS) is 17.3. The molecule has 0 unspecified atom stereocenters. The Balaban J connectivity index is 1.34. The zero-order valence-corrected chi connectivity index (χ0v) is 55.8. The monoisotopic (exact) mass is 1290 g/mol. The van der Waals surface area contributed by atoms with Crippen LogP contribution in [0.2, 0.25) is 0 Å².